The zero-order valence-corrected chi connectivity index (χ0v) is 20.1. The number of nitrogens with one attached hydrogen (secondary N) is 1. The third-order valence-electron chi connectivity index (χ3n) is 5.57. The number of sulfone groups is 1. The van der Waals surface area contributed by atoms with Crippen LogP contribution in [0.4, 0.5) is 5.69 Å². The average Bonchev–Trinajstić information content (AvgIpc) is 3.40. The first-order valence-corrected chi connectivity index (χ1v) is 13.9. The second-order valence-corrected chi connectivity index (χ2v) is 12.0. The van der Waals surface area contributed by atoms with Crippen LogP contribution in [0.15, 0.2) is 70.6 Å². The second-order valence-electron chi connectivity index (χ2n) is 7.83. The number of amides is 1. The van der Waals surface area contributed by atoms with Crippen LogP contribution in [0.25, 0.3) is 11.3 Å². The molecule has 1 amide bonds. The van der Waals surface area contributed by atoms with Crippen LogP contribution < -0.4 is 5.32 Å². The molecular weight excluding hydrogens is 476 g/mol. The van der Waals surface area contributed by atoms with E-state index in [0.717, 1.165) is 12.8 Å². The Hall–Kier alpha value is -3.15. The Bertz CT molecular complexity index is 1400. The molecule has 0 aliphatic carbocycles. The zero-order chi connectivity index (χ0) is 24.3. The molecule has 11 heteroatoms. The number of hydrogen-bond acceptors (Lipinski definition) is 7. The lowest BCUT2D eigenvalue weighted by Crippen LogP contribution is -2.27. The molecule has 1 N–H and O–H groups in total. The molecule has 0 atom stereocenters. The molecule has 1 saturated heterocycles. The minimum Gasteiger partial charge on any atom is -0.322 e. The van der Waals surface area contributed by atoms with Gasteiger partial charge in [-0.3, -0.25) is 4.79 Å². The number of anilines is 1. The summed E-state index contributed by atoms with van der Waals surface area (Å²) in [4.78, 5) is 12.9. The summed E-state index contributed by atoms with van der Waals surface area (Å²) in [5.74, 6) is -0.453. The van der Waals surface area contributed by atoms with Crippen LogP contribution in [0, 0.1) is 0 Å². The summed E-state index contributed by atoms with van der Waals surface area (Å²) < 4.78 is 50.6. The van der Waals surface area contributed by atoms with Crippen molar-refractivity contribution in [1.82, 2.24) is 14.5 Å². The predicted octanol–water partition coefficient (Wildman–Crippen LogP) is 2.97. The maximum absolute atomic E-state index is 12.7. The van der Waals surface area contributed by atoms with Crippen molar-refractivity contribution in [1.29, 1.82) is 0 Å². The van der Waals surface area contributed by atoms with Gasteiger partial charge < -0.3 is 5.32 Å². The van der Waals surface area contributed by atoms with E-state index in [2.05, 4.69) is 15.5 Å². The van der Waals surface area contributed by atoms with Crippen molar-refractivity contribution in [2.75, 3.05) is 24.2 Å². The number of carbonyl (C=O) groups excluding carboxylic acids is 1. The van der Waals surface area contributed by atoms with E-state index in [4.69, 9.17) is 0 Å². The van der Waals surface area contributed by atoms with Crippen LogP contribution in [0.5, 0.6) is 0 Å². The highest BCUT2D eigenvalue weighted by molar-refractivity contribution is 7.91. The minimum atomic E-state index is -3.54. The molecule has 178 valence electrons. The fraction of sp³-hybridized carbons (Fsp3) is 0.261. The standard InChI is InChI=1S/C23H24N4O5S2/c1-2-33(29,30)22-13-12-21(25-26-22)18-6-5-7-19(16-18)24-23(28)17-8-10-20(11-9-17)34(31,32)27-14-3-4-15-27/h5-13,16H,2-4,14-15H2,1H3,(H,24,28). The van der Waals surface area contributed by atoms with Gasteiger partial charge in [0, 0.05) is 29.9 Å². The Balaban J connectivity index is 1.48. The highest BCUT2D eigenvalue weighted by Crippen LogP contribution is 2.23. The van der Waals surface area contributed by atoms with Crippen LogP contribution in [0.3, 0.4) is 0 Å². The number of benzene rings is 2. The molecule has 9 nitrogen and oxygen atoms in total. The molecule has 1 aliphatic heterocycles. The second kappa shape index (κ2) is 9.61. The average molecular weight is 501 g/mol. The first-order chi connectivity index (χ1) is 16.2. The summed E-state index contributed by atoms with van der Waals surface area (Å²) in [6.07, 6.45) is 1.71. The Morgan fingerprint density at radius 1 is 0.941 bits per heavy atom. The molecule has 1 aliphatic rings. The molecule has 0 saturated carbocycles. The van der Waals surface area contributed by atoms with E-state index in [9.17, 15) is 21.6 Å². The predicted molar refractivity (Wildman–Crippen MR) is 128 cm³/mol. The molecule has 0 spiro atoms. The van der Waals surface area contributed by atoms with Gasteiger partial charge in [-0.1, -0.05) is 19.1 Å². The molecule has 0 bridgehead atoms. The molecule has 2 heterocycles. The van der Waals surface area contributed by atoms with Gasteiger partial charge in [0.1, 0.15) is 0 Å². The molecular formula is C23H24N4O5S2. The van der Waals surface area contributed by atoms with E-state index < -0.39 is 25.8 Å². The van der Waals surface area contributed by atoms with Crippen molar-refractivity contribution in [2.24, 2.45) is 0 Å². The molecule has 0 unspecified atom stereocenters. The molecule has 2 aromatic carbocycles. The van der Waals surface area contributed by atoms with Gasteiger partial charge in [-0.05, 0) is 61.4 Å². The third kappa shape index (κ3) is 5.01. The zero-order valence-electron chi connectivity index (χ0n) is 18.5. The van der Waals surface area contributed by atoms with Crippen LogP contribution >= 0.6 is 0 Å². The number of carbonyl (C=O) groups is 1. The highest BCUT2D eigenvalue weighted by Gasteiger charge is 2.27. The fourth-order valence-corrected chi connectivity index (χ4v) is 5.86. The molecule has 3 aromatic rings. The van der Waals surface area contributed by atoms with Crippen molar-refractivity contribution >= 4 is 31.5 Å². The molecule has 1 fully saturated rings. The largest absolute Gasteiger partial charge is 0.322 e. The summed E-state index contributed by atoms with van der Waals surface area (Å²) in [6.45, 7) is 2.57. The van der Waals surface area contributed by atoms with Crippen LogP contribution in [0.1, 0.15) is 30.1 Å². The summed E-state index contributed by atoms with van der Waals surface area (Å²) in [6, 6.07) is 15.7. The van der Waals surface area contributed by atoms with Gasteiger partial charge in [0.05, 0.1) is 16.3 Å². The summed E-state index contributed by atoms with van der Waals surface area (Å²) >= 11 is 0. The Kier molecular flexibility index (Phi) is 6.78. The van der Waals surface area contributed by atoms with Gasteiger partial charge in [0.2, 0.25) is 10.0 Å². The lowest BCUT2D eigenvalue weighted by atomic mass is 10.1. The van der Waals surface area contributed by atoms with E-state index in [0.29, 0.717) is 35.6 Å². The monoisotopic (exact) mass is 500 g/mol. The summed E-state index contributed by atoms with van der Waals surface area (Å²) in [5.41, 5.74) is 1.93. The normalized spacial score (nSPS) is 14.7. The van der Waals surface area contributed by atoms with Crippen molar-refractivity contribution < 1.29 is 21.6 Å². The van der Waals surface area contributed by atoms with Crippen molar-refractivity contribution in [3.8, 4) is 11.3 Å². The Morgan fingerprint density at radius 3 is 2.26 bits per heavy atom. The first kappa shape index (κ1) is 24.0. The lowest BCUT2D eigenvalue weighted by Gasteiger charge is -2.15. The van der Waals surface area contributed by atoms with Gasteiger partial charge in [-0.25, -0.2) is 16.8 Å². The first-order valence-electron chi connectivity index (χ1n) is 10.8. The van der Waals surface area contributed by atoms with Crippen molar-refractivity contribution in [3.63, 3.8) is 0 Å². The van der Waals surface area contributed by atoms with Gasteiger partial charge in [0.25, 0.3) is 5.91 Å². The van der Waals surface area contributed by atoms with Crippen LogP contribution in [-0.2, 0) is 19.9 Å². The highest BCUT2D eigenvalue weighted by atomic mass is 32.2. The number of nitrogens with zero attached hydrogens (tertiary/aromatic N) is 3. The molecule has 4 rings (SSSR count). The number of hydrogen-bond donors (Lipinski definition) is 1. The van der Waals surface area contributed by atoms with E-state index in [1.165, 1.54) is 41.6 Å². The SMILES string of the molecule is CCS(=O)(=O)c1ccc(-c2cccc(NC(=O)c3ccc(S(=O)(=O)N4CCCC4)cc3)c2)nn1. The van der Waals surface area contributed by atoms with E-state index in [1.54, 1.807) is 30.3 Å². The topological polar surface area (TPSA) is 126 Å². The van der Waals surface area contributed by atoms with Gasteiger partial charge in [0.15, 0.2) is 14.9 Å². The van der Waals surface area contributed by atoms with Gasteiger partial charge in [-0.2, -0.15) is 4.31 Å². The minimum absolute atomic E-state index is 0.0618. The summed E-state index contributed by atoms with van der Waals surface area (Å²) in [5, 5.41) is 10.5. The molecule has 0 radical (unpaired) electrons. The number of aromatic nitrogens is 2. The quantitative estimate of drug-likeness (QED) is 0.528. The van der Waals surface area contributed by atoms with Gasteiger partial charge >= 0.3 is 0 Å². The summed E-state index contributed by atoms with van der Waals surface area (Å²) in [7, 11) is -6.98. The van der Waals surface area contributed by atoms with Crippen LogP contribution in [-0.4, -0.2) is 56.1 Å². The van der Waals surface area contributed by atoms with E-state index in [-0.39, 0.29) is 15.7 Å². The smallest absolute Gasteiger partial charge is 0.255 e. The molecule has 1 aromatic heterocycles. The van der Waals surface area contributed by atoms with E-state index >= 15 is 0 Å². The fourth-order valence-electron chi connectivity index (χ4n) is 3.60. The maximum Gasteiger partial charge on any atom is 0.255 e. The van der Waals surface area contributed by atoms with Crippen LogP contribution in [0.2, 0.25) is 0 Å². The lowest BCUT2D eigenvalue weighted by molar-refractivity contribution is 0.102. The number of sulfonamides is 1. The van der Waals surface area contributed by atoms with Crippen molar-refractivity contribution in [3.05, 3.63) is 66.2 Å². The Labute approximate surface area is 198 Å². The van der Waals surface area contributed by atoms with Gasteiger partial charge in [-0.15, -0.1) is 10.2 Å². The molecule has 34 heavy (non-hydrogen) atoms. The van der Waals surface area contributed by atoms with E-state index in [1.807, 2.05) is 0 Å². The Morgan fingerprint density at radius 2 is 1.65 bits per heavy atom. The number of rotatable bonds is 7. The maximum atomic E-state index is 12.7. The third-order valence-corrected chi connectivity index (χ3v) is 9.10. The van der Waals surface area contributed by atoms with Crippen molar-refractivity contribution in [2.45, 2.75) is 29.7 Å².